The highest BCUT2D eigenvalue weighted by Crippen LogP contribution is 2.48. The van der Waals surface area contributed by atoms with Crippen molar-refractivity contribution >= 4 is 5.91 Å². The zero-order valence-corrected chi connectivity index (χ0v) is 14.4. The molecular formula is C15H26N6O2. The quantitative estimate of drug-likeness (QED) is 0.740. The second kappa shape index (κ2) is 5.83. The van der Waals surface area contributed by atoms with Gasteiger partial charge < -0.3 is 9.64 Å². The van der Waals surface area contributed by atoms with Crippen LogP contribution in [0.25, 0.3) is 0 Å². The van der Waals surface area contributed by atoms with Crippen molar-refractivity contribution in [3.63, 3.8) is 0 Å². The zero-order valence-electron chi connectivity index (χ0n) is 14.4. The molecule has 1 amide bonds. The molecule has 128 valence electrons. The van der Waals surface area contributed by atoms with E-state index in [0.717, 1.165) is 31.6 Å². The van der Waals surface area contributed by atoms with E-state index in [4.69, 9.17) is 4.74 Å². The molecule has 2 fully saturated rings. The molecule has 23 heavy (non-hydrogen) atoms. The minimum absolute atomic E-state index is 0.135. The summed E-state index contributed by atoms with van der Waals surface area (Å²) in [6, 6.07) is 0. The Hall–Kier alpha value is -1.54. The van der Waals surface area contributed by atoms with Crippen LogP contribution in [0, 0.1) is 5.41 Å². The molecule has 0 spiro atoms. The molecule has 1 saturated carbocycles. The number of carbonyl (C=O) groups is 1. The van der Waals surface area contributed by atoms with Gasteiger partial charge in [0.2, 0.25) is 5.91 Å². The van der Waals surface area contributed by atoms with Gasteiger partial charge in [0.25, 0.3) is 0 Å². The van der Waals surface area contributed by atoms with Crippen molar-refractivity contribution in [2.75, 3.05) is 40.9 Å². The molecule has 1 atom stereocenters. The van der Waals surface area contributed by atoms with E-state index >= 15 is 0 Å². The summed E-state index contributed by atoms with van der Waals surface area (Å²) in [4.78, 5) is 16.8. The highest BCUT2D eigenvalue weighted by Gasteiger charge is 2.53. The lowest BCUT2D eigenvalue weighted by Crippen LogP contribution is -2.47. The summed E-state index contributed by atoms with van der Waals surface area (Å²) in [5.74, 6) is 1.09. The van der Waals surface area contributed by atoms with Gasteiger partial charge in [-0.3, -0.25) is 9.69 Å². The molecule has 0 radical (unpaired) electrons. The molecule has 0 bridgehead atoms. The Bertz CT molecular complexity index is 582. The average molecular weight is 322 g/mol. The van der Waals surface area contributed by atoms with Crippen molar-refractivity contribution in [3.05, 3.63) is 5.82 Å². The lowest BCUT2D eigenvalue weighted by atomic mass is 9.95. The summed E-state index contributed by atoms with van der Waals surface area (Å²) in [6.45, 7) is 4.63. The first-order valence-corrected chi connectivity index (χ1v) is 8.15. The molecule has 1 saturated heterocycles. The van der Waals surface area contributed by atoms with E-state index in [-0.39, 0.29) is 16.9 Å². The lowest BCUT2D eigenvalue weighted by molar-refractivity contribution is -0.135. The summed E-state index contributed by atoms with van der Waals surface area (Å²) in [6.07, 6.45) is 2.85. The first kappa shape index (κ1) is 16.3. The number of amides is 1. The Morgan fingerprint density at radius 3 is 2.70 bits per heavy atom. The standard InChI is InChI=1S/C15H26N6O2/c1-14(5-6-14)13(22)20-8-7-15(11-20,19(2)3)12-16-17-18-21(12)9-10-23-4/h5-11H2,1-4H3. The van der Waals surface area contributed by atoms with Gasteiger partial charge in [-0.25, -0.2) is 4.68 Å². The topological polar surface area (TPSA) is 76.4 Å². The predicted octanol–water partition coefficient (Wildman–Crippen LogP) is 0.109. The number of ether oxygens (including phenoxy) is 1. The van der Waals surface area contributed by atoms with Crippen LogP contribution < -0.4 is 0 Å². The number of aromatic nitrogens is 4. The molecule has 1 aromatic heterocycles. The van der Waals surface area contributed by atoms with Crippen LogP contribution >= 0.6 is 0 Å². The number of hydrogen-bond donors (Lipinski definition) is 0. The Kier molecular flexibility index (Phi) is 4.14. The fourth-order valence-electron chi connectivity index (χ4n) is 3.36. The van der Waals surface area contributed by atoms with Crippen LogP contribution in [-0.4, -0.2) is 76.8 Å². The highest BCUT2D eigenvalue weighted by molar-refractivity contribution is 5.85. The minimum atomic E-state index is -0.335. The van der Waals surface area contributed by atoms with Gasteiger partial charge in [0.15, 0.2) is 5.82 Å². The molecule has 2 aliphatic rings. The molecule has 8 nitrogen and oxygen atoms in total. The molecule has 1 aromatic rings. The monoisotopic (exact) mass is 322 g/mol. The van der Waals surface area contributed by atoms with Crippen LogP contribution in [0.3, 0.4) is 0 Å². The van der Waals surface area contributed by atoms with Crippen molar-refractivity contribution in [2.24, 2.45) is 5.41 Å². The van der Waals surface area contributed by atoms with Crippen LogP contribution in [0.15, 0.2) is 0 Å². The smallest absolute Gasteiger partial charge is 0.228 e. The molecule has 3 rings (SSSR count). The first-order chi connectivity index (χ1) is 10.9. The zero-order chi connectivity index (χ0) is 16.7. The average Bonchev–Trinajstić information content (AvgIpc) is 2.95. The number of carbonyl (C=O) groups excluding carboxylic acids is 1. The van der Waals surface area contributed by atoms with Crippen LogP contribution in [-0.2, 0) is 21.6 Å². The van der Waals surface area contributed by atoms with Crippen LogP contribution in [0.4, 0.5) is 0 Å². The van der Waals surface area contributed by atoms with Gasteiger partial charge in [0, 0.05) is 25.6 Å². The van der Waals surface area contributed by atoms with Gasteiger partial charge in [-0.15, -0.1) is 5.10 Å². The van der Waals surface area contributed by atoms with Gasteiger partial charge in [-0.05, 0) is 43.8 Å². The summed E-state index contributed by atoms with van der Waals surface area (Å²) < 4.78 is 6.95. The largest absolute Gasteiger partial charge is 0.383 e. The SMILES string of the molecule is COCCn1nnnc1C1(N(C)C)CCN(C(=O)C2(C)CC2)C1. The molecular weight excluding hydrogens is 296 g/mol. The molecule has 0 aromatic carbocycles. The minimum Gasteiger partial charge on any atom is -0.383 e. The Morgan fingerprint density at radius 1 is 1.35 bits per heavy atom. The lowest BCUT2D eigenvalue weighted by Gasteiger charge is -2.35. The van der Waals surface area contributed by atoms with Crippen molar-refractivity contribution in [1.82, 2.24) is 30.0 Å². The second-order valence-electron chi connectivity index (χ2n) is 7.18. The van der Waals surface area contributed by atoms with E-state index in [1.165, 1.54) is 0 Å². The van der Waals surface area contributed by atoms with Crippen molar-refractivity contribution in [3.8, 4) is 0 Å². The normalized spacial score (nSPS) is 26.0. The van der Waals surface area contributed by atoms with E-state index in [2.05, 4.69) is 27.3 Å². The van der Waals surface area contributed by atoms with E-state index in [0.29, 0.717) is 19.7 Å². The molecule has 1 aliphatic carbocycles. The summed E-state index contributed by atoms with van der Waals surface area (Å²) in [5.41, 5.74) is -0.470. The predicted molar refractivity (Wildman–Crippen MR) is 83.6 cm³/mol. The summed E-state index contributed by atoms with van der Waals surface area (Å²) in [7, 11) is 5.72. The number of likely N-dealkylation sites (tertiary alicyclic amines) is 1. The van der Waals surface area contributed by atoms with Gasteiger partial charge in [-0.2, -0.15) is 0 Å². The maximum atomic E-state index is 12.7. The van der Waals surface area contributed by atoms with Gasteiger partial charge in [0.05, 0.1) is 13.2 Å². The van der Waals surface area contributed by atoms with E-state index in [1.54, 1.807) is 11.8 Å². The van der Waals surface area contributed by atoms with E-state index in [9.17, 15) is 4.79 Å². The van der Waals surface area contributed by atoms with E-state index < -0.39 is 0 Å². The fraction of sp³-hybridized carbons (Fsp3) is 0.867. The molecule has 1 unspecified atom stereocenters. The number of hydrogen-bond acceptors (Lipinski definition) is 6. The Labute approximate surface area is 136 Å². The van der Waals surface area contributed by atoms with Crippen molar-refractivity contribution in [2.45, 2.75) is 38.3 Å². The van der Waals surface area contributed by atoms with E-state index in [1.807, 2.05) is 19.0 Å². The first-order valence-electron chi connectivity index (χ1n) is 8.15. The molecule has 8 heteroatoms. The number of nitrogens with zero attached hydrogens (tertiary/aromatic N) is 6. The summed E-state index contributed by atoms with van der Waals surface area (Å²) >= 11 is 0. The molecule has 2 heterocycles. The Morgan fingerprint density at radius 2 is 2.09 bits per heavy atom. The highest BCUT2D eigenvalue weighted by atomic mass is 16.5. The fourth-order valence-corrected chi connectivity index (χ4v) is 3.36. The number of methoxy groups -OCH3 is 1. The number of rotatable bonds is 6. The maximum absolute atomic E-state index is 12.7. The van der Waals surface area contributed by atoms with Gasteiger partial charge >= 0.3 is 0 Å². The third-order valence-electron chi connectivity index (χ3n) is 5.36. The third kappa shape index (κ3) is 2.74. The van der Waals surface area contributed by atoms with Crippen molar-refractivity contribution < 1.29 is 9.53 Å². The van der Waals surface area contributed by atoms with Crippen LogP contribution in [0.1, 0.15) is 32.0 Å². The van der Waals surface area contributed by atoms with Crippen molar-refractivity contribution in [1.29, 1.82) is 0 Å². The number of likely N-dealkylation sites (N-methyl/N-ethyl adjacent to an activating group) is 1. The third-order valence-corrected chi connectivity index (χ3v) is 5.36. The molecule has 0 N–H and O–H groups in total. The number of tetrazole rings is 1. The summed E-state index contributed by atoms with van der Waals surface area (Å²) in [5, 5.41) is 12.2. The van der Waals surface area contributed by atoms with Gasteiger partial charge in [0.1, 0.15) is 5.54 Å². The Balaban J connectivity index is 1.84. The molecule has 1 aliphatic heterocycles. The maximum Gasteiger partial charge on any atom is 0.228 e. The van der Waals surface area contributed by atoms with Crippen LogP contribution in [0.5, 0.6) is 0 Å². The van der Waals surface area contributed by atoms with Gasteiger partial charge in [-0.1, -0.05) is 6.92 Å². The van der Waals surface area contributed by atoms with Crippen LogP contribution in [0.2, 0.25) is 0 Å². The second-order valence-corrected chi connectivity index (χ2v) is 7.18.